The van der Waals surface area contributed by atoms with Gasteiger partial charge in [-0.25, -0.2) is 8.42 Å². The number of likely N-dealkylation sites (tertiary alicyclic amines) is 1. The minimum Gasteiger partial charge on any atom is -0.352 e. The van der Waals surface area contributed by atoms with Crippen LogP contribution >= 0.6 is 27.3 Å². The molecule has 0 atom stereocenters. The van der Waals surface area contributed by atoms with Crippen LogP contribution in [0.15, 0.2) is 44.4 Å². The fraction of sp³-hybridized carbons (Fsp3) is 0.333. The predicted molar refractivity (Wildman–Crippen MR) is 112 cm³/mol. The molecule has 0 radical (unpaired) electrons. The standard InChI is InChI=1S/C18H20BrN3O4S2/c19-15-8-9-17(27-15)28(25,26)21-14-6-2-1-5-13(14)18(24)20-10-4-12-22-11-3-7-16(22)23/h1-2,5-6,8-9,21H,3-4,7,10-12H2,(H,20,24). The van der Waals surface area contributed by atoms with Gasteiger partial charge in [-0.3, -0.25) is 14.3 Å². The van der Waals surface area contributed by atoms with Gasteiger partial charge in [0.2, 0.25) is 5.91 Å². The Morgan fingerprint density at radius 1 is 1.21 bits per heavy atom. The van der Waals surface area contributed by atoms with Gasteiger partial charge in [-0.1, -0.05) is 12.1 Å². The molecule has 10 heteroatoms. The Bertz CT molecular complexity index is 975. The minimum absolute atomic E-state index is 0.157. The average molecular weight is 486 g/mol. The number of thiophene rings is 1. The minimum atomic E-state index is -3.78. The summed E-state index contributed by atoms with van der Waals surface area (Å²) in [5.41, 5.74) is 0.471. The second-order valence-corrected chi connectivity index (χ2v) is 10.7. The molecule has 1 aromatic heterocycles. The van der Waals surface area contributed by atoms with Crippen LogP contribution in [0, 0.1) is 0 Å². The Balaban J connectivity index is 1.61. The summed E-state index contributed by atoms with van der Waals surface area (Å²) in [5.74, 6) is -0.204. The molecule has 0 spiro atoms. The predicted octanol–water partition coefficient (Wildman–Crippen LogP) is 3.05. The lowest BCUT2D eigenvalue weighted by Gasteiger charge is -2.16. The Labute approximate surface area is 176 Å². The molecule has 2 N–H and O–H groups in total. The summed E-state index contributed by atoms with van der Waals surface area (Å²) in [7, 11) is -3.78. The quantitative estimate of drug-likeness (QED) is 0.561. The van der Waals surface area contributed by atoms with E-state index >= 15 is 0 Å². The van der Waals surface area contributed by atoms with E-state index in [-0.39, 0.29) is 27.3 Å². The molecule has 1 aliphatic heterocycles. The molecule has 1 aliphatic rings. The van der Waals surface area contributed by atoms with Gasteiger partial charge in [-0.15, -0.1) is 11.3 Å². The van der Waals surface area contributed by atoms with E-state index in [4.69, 9.17) is 0 Å². The summed E-state index contributed by atoms with van der Waals surface area (Å²) in [6, 6.07) is 9.62. The number of sulfonamides is 1. The number of nitrogens with zero attached hydrogens (tertiary/aromatic N) is 1. The van der Waals surface area contributed by atoms with E-state index in [9.17, 15) is 18.0 Å². The zero-order valence-corrected chi connectivity index (χ0v) is 18.2. The van der Waals surface area contributed by atoms with Crippen LogP contribution in [0.4, 0.5) is 5.69 Å². The molecular formula is C18H20BrN3O4S2. The lowest BCUT2D eigenvalue weighted by molar-refractivity contribution is -0.127. The molecule has 2 amide bonds. The maximum Gasteiger partial charge on any atom is 0.271 e. The molecule has 0 bridgehead atoms. The molecule has 28 heavy (non-hydrogen) atoms. The second-order valence-electron chi connectivity index (χ2n) is 6.30. The fourth-order valence-corrected chi connectivity index (χ4v) is 6.00. The third-order valence-electron chi connectivity index (χ3n) is 4.29. The smallest absolute Gasteiger partial charge is 0.271 e. The number of benzene rings is 1. The molecule has 1 fully saturated rings. The first-order valence-electron chi connectivity index (χ1n) is 8.80. The summed E-state index contributed by atoms with van der Waals surface area (Å²) in [5, 5.41) is 2.79. The largest absolute Gasteiger partial charge is 0.352 e. The molecule has 0 saturated carbocycles. The molecule has 1 aromatic carbocycles. The number of amides is 2. The normalized spacial score (nSPS) is 14.3. The van der Waals surface area contributed by atoms with Crippen LogP contribution in [0.1, 0.15) is 29.6 Å². The number of para-hydroxylation sites is 1. The first kappa shape index (κ1) is 20.8. The van der Waals surface area contributed by atoms with Crippen molar-refractivity contribution in [3.63, 3.8) is 0 Å². The van der Waals surface area contributed by atoms with Gasteiger partial charge in [-0.2, -0.15) is 0 Å². The van der Waals surface area contributed by atoms with Crippen LogP contribution in [-0.4, -0.2) is 44.8 Å². The maximum absolute atomic E-state index is 12.5. The van der Waals surface area contributed by atoms with E-state index in [2.05, 4.69) is 26.0 Å². The monoisotopic (exact) mass is 485 g/mol. The summed E-state index contributed by atoms with van der Waals surface area (Å²) < 4.78 is 28.4. The van der Waals surface area contributed by atoms with Crippen LogP contribution in [0.25, 0.3) is 0 Å². The van der Waals surface area contributed by atoms with Crippen molar-refractivity contribution < 1.29 is 18.0 Å². The molecule has 0 unspecified atom stereocenters. The zero-order chi connectivity index (χ0) is 20.1. The van der Waals surface area contributed by atoms with Gasteiger partial charge in [0.1, 0.15) is 4.21 Å². The van der Waals surface area contributed by atoms with Gasteiger partial charge in [0.05, 0.1) is 15.0 Å². The van der Waals surface area contributed by atoms with Gasteiger partial charge < -0.3 is 10.2 Å². The van der Waals surface area contributed by atoms with Crippen LogP contribution in [-0.2, 0) is 14.8 Å². The topological polar surface area (TPSA) is 95.6 Å². The molecule has 7 nitrogen and oxygen atoms in total. The highest BCUT2D eigenvalue weighted by Gasteiger charge is 2.21. The lowest BCUT2D eigenvalue weighted by atomic mass is 10.1. The summed E-state index contributed by atoms with van der Waals surface area (Å²) >= 11 is 4.34. The van der Waals surface area contributed by atoms with Gasteiger partial charge in [-0.05, 0) is 53.0 Å². The zero-order valence-electron chi connectivity index (χ0n) is 15.0. The van der Waals surface area contributed by atoms with Crippen molar-refractivity contribution in [2.45, 2.75) is 23.5 Å². The number of carbonyl (C=O) groups is 2. The van der Waals surface area contributed by atoms with Crippen LogP contribution in [0.3, 0.4) is 0 Å². The van der Waals surface area contributed by atoms with Crippen molar-refractivity contribution in [3.05, 3.63) is 45.7 Å². The van der Waals surface area contributed by atoms with Crippen molar-refractivity contribution in [1.82, 2.24) is 10.2 Å². The van der Waals surface area contributed by atoms with Gasteiger partial charge in [0.25, 0.3) is 15.9 Å². The number of nitrogens with one attached hydrogen (secondary N) is 2. The number of anilines is 1. The highest BCUT2D eigenvalue weighted by molar-refractivity contribution is 9.11. The highest BCUT2D eigenvalue weighted by atomic mass is 79.9. The Hall–Kier alpha value is -1.91. The number of hydrogen-bond acceptors (Lipinski definition) is 5. The fourth-order valence-electron chi connectivity index (χ4n) is 2.91. The molecule has 2 heterocycles. The van der Waals surface area contributed by atoms with Gasteiger partial charge in [0.15, 0.2) is 0 Å². The van der Waals surface area contributed by atoms with Crippen molar-refractivity contribution >= 4 is 54.8 Å². The number of hydrogen-bond donors (Lipinski definition) is 2. The van der Waals surface area contributed by atoms with E-state index in [1.54, 1.807) is 35.2 Å². The molecule has 3 rings (SSSR count). The summed E-state index contributed by atoms with van der Waals surface area (Å²) in [6.45, 7) is 1.79. The third kappa shape index (κ3) is 5.12. The van der Waals surface area contributed by atoms with E-state index < -0.39 is 10.0 Å². The van der Waals surface area contributed by atoms with Crippen molar-refractivity contribution in [3.8, 4) is 0 Å². The van der Waals surface area contributed by atoms with Crippen molar-refractivity contribution in [2.75, 3.05) is 24.4 Å². The first-order valence-corrected chi connectivity index (χ1v) is 11.9. The molecular weight excluding hydrogens is 466 g/mol. The lowest BCUT2D eigenvalue weighted by Crippen LogP contribution is -2.31. The summed E-state index contributed by atoms with van der Waals surface area (Å²) in [4.78, 5) is 25.9. The van der Waals surface area contributed by atoms with Gasteiger partial charge in [0, 0.05) is 26.1 Å². The SMILES string of the molecule is O=C(NCCCN1CCCC1=O)c1ccccc1NS(=O)(=O)c1ccc(Br)s1. The van der Waals surface area contributed by atoms with Crippen LogP contribution in [0.5, 0.6) is 0 Å². The molecule has 1 saturated heterocycles. The number of carbonyl (C=O) groups excluding carboxylic acids is 2. The first-order chi connectivity index (χ1) is 13.4. The van der Waals surface area contributed by atoms with Crippen molar-refractivity contribution in [2.24, 2.45) is 0 Å². The van der Waals surface area contributed by atoms with E-state index in [0.29, 0.717) is 29.7 Å². The molecule has 150 valence electrons. The van der Waals surface area contributed by atoms with E-state index in [1.807, 2.05) is 0 Å². The Kier molecular flexibility index (Phi) is 6.73. The Morgan fingerprint density at radius 3 is 2.68 bits per heavy atom. The number of halogens is 1. The highest BCUT2D eigenvalue weighted by Crippen LogP contribution is 2.28. The van der Waals surface area contributed by atoms with Gasteiger partial charge >= 0.3 is 0 Å². The average Bonchev–Trinajstić information content (AvgIpc) is 3.27. The van der Waals surface area contributed by atoms with E-state index in [0.717, 1.165) is 24.3 Å². The molecule has 0 aliphatic carbocycles. The molecule has 2 aromatic rings. The van der Waals surface area contributed by atoms with Crippen LogP contribution in [0.2, 0.25) is 0 Å². The number of rotatable bonds is 8. The Morgan fingerprint density at radius 2 is 2.00 bits per heavy atom. The van der Waals surface area contributed by atoms with Crippen LogP contribution < -0.4 is 10.0 Å². The maximum atomic E-state index is 12.5. The summed E-state index contributed by atoms with van der Waals surface area (Å²) in [6.07, 6.45) is 2.13. The second kappa shape index (κ2) is 9.06. The van der Waals surface area contributed by atoms with E-state index in [1.165, 1.54) is 6.07 Å². The third-order valence-corrected chi connectivity index (χ3v) is 7.77. The van der Waals surface area contributed by atoms with Crippen molar-refractivity contribution in [1.29, 1.82) is 0 Å².